The summed E-state index contributed by atoms with van der Waals surface area (Å²) in [6.07, 6.45) is -1.18. The lowest BCUT2D eigenvalue weighted by Gasteiger charge is -2.54. The molecule has 2 saturated heterocycles. The quantitative estimate of drug-likeness (QED) is 0.393. The van der Waals surface area contributed by atoms with Crippen molar-refractivity contribution in [2.24, 2.45) is 0 Å². The number of piperidine rings is 1. The van der Waals surface area contributed by atoms with Gasteiger partial charge in [-0.1, -0.05) is 69.3 Å². The monoisotopic (exact) mass is 557 g/mol. The highest BCUT2D eigenvalue weighted by atomic mass is 32.2. The van der Waals surface area contributed by atoms with E-state index in [1.807, 2.05) is 30.3 Å². The number of sulfone groups is 1. The van der Waals surface area contributed by atoms with Crippen molar-refractivity contribution in [3.05, 3.63) is 66.2 Å². The molecule has 0 spiro atoms. The van der Waals surface area contributed by atoms with Gasteiger partial charge in [-0.25, -0.2) is 13.2 Å². The Hall–Kier alpha value is -2.49. The third-order valence-corrected chi connectivity index (χ3v) is 15.1. The maximum absolute atomic E-state index is 14.1. The summed E-state index contributed by atoms with van der Waals surface area (Å²) in [5.74, 6) is -0.0834. The van der Waals surface area contributed by atoms with Gasteiger partial charge >= 0.3 is 6.09 Å². The predicted molar refractivity (Wildman–Crippen MR) is 149 cm³/mol. The van der Waals surface area contributed by atoms with Crippen LogP contribution in [0.2, 0.25) is 18.1 Å². The average molecular weight is 558 g/mol. The Bertz CT molecular complexity index is 1260. The SMILES string of the molecule is CC(=O)C[C@@H]1[C@@H](O[Si](C)(C)C(C)(C)C)C[C@H](S(=O)(=O)c2ccccc2)[C@H]2C[C@@H](c3ccccc3)OC(=O)N12. The molecule has 7 nitrogen and oxygen atoms in total. The zero-order valence-electron chi connectivity index (χ0n) is 23.1. The Balaban J connectivity index is 1.82. The average Bonchev–Trinajstić information content (AvgIpc) is 2.85. The molecule has 5 atom stereocenters. The van der Waals surface area contributed by atoms with E-state index < -0.39 is 53.8 Å². The van der Waals surface area contributed by atoms with Crippen LogP contribution in [-0.4, -0.2) is 56.9 Å². The van der Waals surface area contributed by atoms with Crippen LogP contribution in [0.5, 0.6) is 0 Å². The number of rotatable bonds is 7. The minimum atomic E-state index is -3.84. The maximum Gasteiger partial charge on any atom is 0.411 e. The molecule has 4 rings (SSSR count). The molecule has 1 amide bonds. The molecule has 2 aliphatic rings. The Morgan fingerprint density at radius 1 is 1.03 bits per heavy atom. The van der Waals surface area contributed by atoms with Gasteiger partial charge in [0, 0.05) is 12.8 Å². The van der Waals surface area contributed by atoms with Crippen molar-refractivity contribution in [3.8, 4) is 0 Å². The Labute approximate surface area is 227 Å². The van der Waals surface area contributed by atoms with Crippen LogP contribution < -0.4 is 0 Å². The van der Waals surface area contributed by atoms with Gasteiger partial charge in [-0.3, -0.25) is 9.69 Å². The first kappa shape index (κ1) is 28.5. The van der Waals surface area contributed by atoms with Crippen LogP contribution in [-0.2, 0) is 23.8 Å². The van der Waals surface area contributed by atoms with E-state index >= 15 is 0 Å². The number of hydrogen-bond donors (Lipinski definition) is 0. The summed E-state index contributed by atoms with van der Waals surface area (Å²) in [5, 5.41) is -1.04. The summed E-state index contributed by atoms with van der Waals surface area (Å²) >= 11 is 0. The van der Waals surface area contributed by atoms with Crippen LogP contribution in [0.25, 0.3) is 0 Å². The van der Waals surface area contributed by atoms with Crippen molar-refractivity contribution in [2.75, 3.05) is 0 Å². The highest BCUT2D eigenvalue weighted by Crippen LogP contribution is 2.45. The van der Waals surface area contributed by atoms with Gasteiger partial charge in [-0.15, -0.1) is 0 Å². The number of carbonyl (C=O) groups excluding carboxylic acids is 2. The fourth-order valence-corrected chi connectivity index (χ4v) is 8.68. The molecule has 0 aromatic heterocycles. The summed E-state index contributed by atoms with van der Waals surface area (Å²) in [6, 6.07) is 16.5. The van der Waals surface area contributed by atoms with Crippen molar-refractivity contribution in [1.29, 1.82) is 0 Å². The normalized spacial score (nSPS) is 26.4. The molecule has 2 fully saturated rings. The zero-order valence-corrected chi connectivity index (χ0v) is 24.9. The number of hydrogen-bond acceptors (Lipinski definition) is 6. The molecule has 9 heteroatoms. The first-order chi connectivity index (χ1) is 17.7. The molecule has 2 heterocycles. The summed E-state index contributed by atoms with van der Waals surface area (Å²) in [7, 11) is -6.22. The fraction of sp³-hybridized carbons (Fsp3) is 0.517. The van der Waals surface area contributed by atoms with Crippen LogP contribution in [0.3, 0.4) is 0 Å². The largest absolute Gasteiger partial charge is 0.441 e. The number of ketones is 1. The van der Waals surface area contributed by atoms with Gasteiger partial charge in [0.1, 0.15) is 11.9 Å². The van der Waals surface area contributed by atoms with Gasteiger partial charge in [0.05, 0.1) is 28.3 Å². The fourth-order valence-electron chi connectivity index (χ4n) is 5.33. The molecule has 206 valence electrons. The molecule has 2 aliphatic heterocycles. The number of cyclic esters (lactones) is 1. The van der Waals surface area contributed by atoms with Crippen molar-refractivity contribution in [2.45, 2.75) is 99.5 Å². The minimum Gasteiger partial charge on any atom is -0.441 e. The van der Waals surface area contributed by atoms with Crippen molar-refractivity contribution >= 4 is 30.0 Å². The van der Waals surface area contributed by atoms with Crippen molar-refractivity contribution in [3.63, 3.8) is 0 Å². The van der Waals surface area contributed by atoms with Gasteiger partial charge in [0.25, 0.3) is 0 Å². The number of carbonyl (C=O) groups is 2. The smallest absolute Gasteiger partial charge is 0.411 e. The number of Topliss-reactive ketones (excluding diaryl/α,β-unsaturated/α-hetero) is 1. The number of benzene rings is 2. The number of nitrogens with zero attached hydrogens (tertiary/aromatic N) is 1. The van der Waals surface area contributed by atoms with E-state index in [4.69, 9.17) is 9.16 Å². The van der Waals surface area contributed by atoms with Crippen molar-refractivity contribution in [1.82, 2.24) is 4.90 Å². The molecule has 0 saturated carbocycles. The second-order valence-corrected chi connectivity index (χ2v) is 18.9. The molecule has 0 bridgehead atoms. The molecule has 38 heavy (non-hydrogen) atoms. The Morgan fingerprint density at radius 3 is 2.16 bits per heavy atom. The molecule has 2 aromatic carbocycles. The van der Waals surface area contributed by atoms with Crippen LogP contribution in [0, 0.1) is 0 Å². The van der Waals surface area contributed by atoms with Gasteiger partial charge in [-0.2, -0.15) is 0 Å². The lowest BCUT2D eigenvalue weighted by molar-refractivity contribution is -0.121. The van der Waals surface area contributed by atoms with Gasteiger partial charge in [0.15, 0.2) is 18.2 Å². The second kappa shape index (κ2) is 10.6. The van der Waals surface area contributed by atoms with Gasteiger partial charge in [-0.05, 0) is 49.2 Å². The van der Waals surface area contributed by atoms with E-state index in [-0.39, 0.29) is 28.6 Å². The summed E-state index contributed by atoms with van der Waals surface area (Å²) in [5.41, 5.74) is 0.819. The summed E-state index contributed by atoms with van der Waals surface area (Å²) in [6.45, 7) is 12.0. The van der Waals surface area contributed by atoms with Crippen molar-refractivity contribution < 1.29 is 27.2 Å². The molecular weight excluding hydrogens is 518 g/mol. The Kier molecular flexibility index (Phi) is 7.94. The van der Waals surface area contributed by atoms with Gasteiger partial charge in [0.2, 0.25) is 0 Å². The number of ether oxygens (including phenoxy) is 1. The molecule has 0 unspecified atom stereocenters. The number of amides is 1. The molecular formula is C29H39NO6SSi. The molecule has 0 N–H and O–H groups in total. The molecule has 0 radical (unpaired) electrons. The minimum absolute atomic E-state index is 0.0823. The van der Waals surface area contributed by atoms with E-state index in [2.05, 4.69) is 33.9 Å². The first-order valence-electron chi connectivity index (χ1n) is 13.2. The van der Waals surface area contributed by atoms with Gasteiger partial charge < -0.3 is 9.16 Å². The highest BCUT2D eigenvalue weighted by molar-refractivity contribution is 7.92. The zero-order chi connectivity index (χ0) is 27.9. The number of fused-ring (bicyclic) bond motifs is 1. The maximum atomic E-state index is 14.1. The second-order valence-electron chi connectivity index (χ2n) is 12.0. The van der Waals surface area contributed by atoms with E-state index in [1.54, 1.807) is 30.3 Å². The topological polar surface area (TPSA) is 90.0 Å². The third-order valence-electron chi connectivity index (χ3n) is 8.34. The standard InChI is InChI=1S/C29H39NO6SSi/c1-20(31)17-23-26(36-38(5,6)29(2,3)4)19-27(37(33,34)22-15-11-8-12-16-22)24-18-25(35-28(32)30(23)24)21-13-9-7-10-14-21/h7-16,23-27H,17-19H2,1-6H3/t23-,24-,25+,26+,27+/m1/s1. The molecule has 2 aromatic rings. The van der Waals surface area contributed by atoms with E-state index in [1.165, 1.54) is 11.8 Å². The predicted octanol–water partition coefficient (Wildman–Crippen LogP) is 5.92. The first-order valence-corrected chi connectivity index (χ1v) is 17.7. The molecule has 0 aliphatic carbocycles. The van der Waals surface area contributed by atoms with E-state index in [0.717, 1.165) is 5.56 Å². The van der Waals surface area contributed by atoms with E-state index in [9.17, 15) is 18.0 Å². The van der Waals surface area contributed by atoms with Crippen LogP contribution in [0.1, 0.15) is 58.6 Å². The van der Waals surface area contributed by atoms with Crippen LogP contribution in [0.15, 0.2) is 65.6 Å². The summed E-state index contributed by atoms with van der Waals surface area (Å²) in [4.78, 5) is 27.9. The third kappa shape index (κ3) is 5.60. The highest BCUT2D eigenvalue weighted by Gasteiger charge is 2.56. The summed E-state index contributed by atoms with van der Waals surface area (Å²) < 4.78 is 41.0. The van der Waals surface area contributed by atoms with Crippen LogP contribution >= 0.6 is 0 Å². The van der Waals surface area contributed by atoms with E-state index in [0.29, 0.717) is 6.42 Å². The van der Waals surface area contributed by atoms with Crippen LogP contribution in [0.4, 0.5) is 4.79 Å². The Morgan fingerprint density at radius 2 is 1.61 bits per heavy atom. The lowest BCUT2D eigenvalue weighted by Crippen LogP contribution is -2.67. The lowest BCUT2D eigenvalue weighted by atomic mass is 9.85.